The highest BCUT2D eigenvalue weighted by molar-refractivity contribution is 6.18. The van der Waals surface area contributed by atoms with E-state index in [0.29, 0.717) is 12.3 Å². The Morgan fingerprint density at radius 1 is 1.44 bits per heavy atom. The van der Waals surface area contributed by atoms with Crippen LogP contribution in [0.2, 0.25) is 0 Å². The number of rotatable bonds is 3. The van der Waals surface area contributed by atoms with Gasteiger partial charge >= 0.3 is 0 Å². The monoisotopic (exact) mass is 237 g/mol. The van der Waals surface area contributed by atoms with Crippen molar-refractivity contribution in [2.45, 2.75) is 31.7 Å². The van der Waals surface area contributed by atoms with E-state index in [0.717, 1.165) is 19.3 Å². The van der Waals surface area contributed by atoms with Gasteiger partial charge in [-0.2, -0.15) is 0 Å². The van der Waals surface area contributed by atoms with Gasteiger partial charge in [0, 0.05) is 12.3 Å². The van der Waals surface area contributed by atoms with Crippen molar-refractivity contribution >= 4 is 17.5 Å². The summed E-state index contributed by atoms with van der Waals surface area (Å²) in [4.78, 5) is 11.5. The van der Waals surface area contributed by atoms with Gasteiger partial charge < -0.3 is 5.32 Å². The van der Waals surface area contributed by atoms with Crippen molar-refractivity contribution in [1.82, 2.24) is 5.32 Å². The summed E-state index contributed by atoms with van der Waals surface area (Å²) in [5.41, 5.74) is 2.64. The van der Waals surface area contributed by atoms with Crippen molar-refractivity contribution in [2.75, 3.05) is 5.88 Å². The summed E-state index contributed by atoms with van der Waals surface area (Å²) in [5.74, 6) is 0.442. The van der Waals surface area contributed by atoms with Gasteiger partial charge in [-0.15, -0.1) is 11.6 Å². The molecular weight excluding hydrogens is 222 g/mol. The Labute approximate surface area is 101 Å². The minimum atomic E-state index is 0.0525. The van der Waals surface area contributed by atoms with Gasteiger partial charge in [0.05, 0.1) is 6.04 Å². The lowest BCUT2D eigenvalue weighted by atomic mass is 9.88. The minimum Gasteiger partial charge on any atom is -0.349 e. The average Bonchev–Trinajstić information content (AvgIpc) is 2.30. The lowest BCUT2D eigenvalue weighted by Crippen LogP contribution is -2.30. The van der Waals surface area contributed by atoms with E-state index < -0.39 is 0 Å². The number of nitrogens with one attached hydrogen (secondary N) is 1. The van der Waals surface area contributed by atoms with Crippen molar-refractivity contribution < 1.29 is 4.79 Å². The number of alkyl halides is 1. The number of amides is 1. The standard InChI is InChI=1S/C13H16ClNO/c14-9-8-13(16)15-12-7-3-5-10-4-1-2-6-11(10)12/h1-2,4,6,12H,3,5,7-9H2,(H,15,16)/t12-/m1/s1. The van der Waals surface area contributed by atoms with Crippen LogP contribution in [0.1, 0.15) is 36.4 Å². The fourth-order valence-electron chi connectivity index (χ4n) is 2.26. The normalized spacial score (nSPS) is 18.9. The van der Waals surface area contributed by atoms with Crippen LogP contribution in [0.25, 0.3) is 0 Å². The summed E-state index contributed by atoms with van der Waals surface area (Å²) in [7, 11) is 0. The molecule has 0 unspecified atom stereocenters. The van der Waals surface area contributed by atoms with Crippen LogP contribution in [0.15, 0.2) is 24.3 Å². The summed E-state index contributed by atoms with van der Waals surface area (Å²) in [6.45, 7) is 0. The third-order valence-corrected chi connectivity index (χ3v) is 3.22. The van der Waals surface area contributed by atoms with Gasteiger partial charge in [0.2, 0.25) is 5.91 Å². The highest BCUT2D eigenvalue weighted by Crippen LogP contribution is 2.29. The summed E-state index contributed by atoms with van der Waals surface area (Å²) in [5, 5.41) is 3.05. The number of hydrogen-bond acceptors (Lipinski definition) is 1. The molecule has 1 aliphatic rings. The van der Waals surface area contributed by atoms with E-state index in [1.54, 1.807) is 0 Å². The second-order valence-corrected chi connectivity index (χ2v) is 4.53. The van der Waals surface area contributed by atoms with Gasteiger partial charge in [-0.1, -0.05) is 24.3 Å². The maximum Gasteiger partial charge on any atom is 0.221 e. The second kappa shape index (κ2) is 5.35. The van der Waals surface area contributed by atoms with Crippen LogP contribution in [0, 0.1) is 0 Å². The van der Waals surface area contributed by atoms with E-state index >= 15 is 0 Å². The first-order valence-electron chi connectivity index (χ1n) is 5.74. The molecule has 3 heteroatoms. The molecule has 0 saturated heterocycles. The zero-order chi connectivity index (χ0) is 11.4. The van der Waals surface area contributed by atoms with Crippen LogP contribution in [0.5, 0.6) is 0 Å². The predicted octanol–water partition coefficient (Wildman–Crippen LogP) is 2.81. The first kappa shape index (κ1) is 11.5. The maximum atomic E-state index is 11.5. The molecule has 2 nitrogen and oxygen atoms in total. The molecule has 0 bridgehead atoms. The van der Waals surface area contributed by atoms with Crippen molar-refractivity contribution in [1.29, 1.82) is 0 Å². The second-order valence-electron chi connectivity index (χ2n) is 4.15. The summed E-state index contributed by atoms with van der Waals surface area (Å²) < 4.78 is 0. The lowest BCUT2D eigenvalue weighted by Gasteiger charge is -2.26. The predicted molar refractivity (Wildman–Crippen MR) is 65.6 cm³/mol. The molecule has 1 aromatic carbocycles. The Morgan fingerprint density at radius 3 is 3.06 bits per heavy atom. The van der Waals surface area contributed by atoms with E-state index in [1.165, 1.54) is 11.1 Å². The van der Waals surface area contributed by atoms with Crippen molar-refractivity contribution in [2.24, 2.45) is 0 Å². The Morgan fingerprint density at radius 2 is 2.25 bits per heavy atom. The first-order chi connectivity index (χ1) is 7.81. The van der Waals surface area contributed by atoms with E-state index in [-0.39, 0.29) is 11.9 Å². The van der Waals surface area contributed by atoms with Crippen molar-refractivity contribution in [3.63, 3.8) is 0 Å². The molecule has 86 valence electrons. The third kappa shape index (κ3) is 2.56. The molecule has 1 aromatic rings. The molecule has 0 aliphatic heterocycles. The van der Waals surface area contributed by atoms with Gasteiger partial charge in [0.25, 0.3) is 0 Å². The molecule has 2 rings (SSSR count). The number of halogens is 1. The number of carbonyl (C=O) groups excluding carboxylic acids is 1. The van der Waals surface area contributed by atoms with Crippen LogP contribution < -0.4 is 5.32 Å². The molecule has 1 N–H and O–H groups in total. The summed E-state index contributed by atoms with van der Waals surface area (Å²) in [6, 6.07) is 8.53. The van der Waals surface area contributed by atoms with Crippen LogP contribution in [-0.2, 0) is 11.2 Å². The quantitative estimate of drug-likeness (QED) is 0.805. The Kier molecular flexibility index (Phi) is 3.83. The molecule has 0 heterocycles. The van der Waals surface area contributed by atoms with Crippen LogP contribution in [-0.4, -0.2) is 11.8 Å². The summed E-state index contributed by atoms with van der Waals surface area (Å²) >= 11 is 5.55. The molecule has 0 fully saturated rings. The lowest BCUT2D eigenvalue weighted by molar-refractivity contribution is -0.121. The highest BCUT2D eigenvalue weighted by atomic mass is 35.5. The zero-order valence-corrected chi connectivity index (χ0v) is 9.96. The van der Waals surface area contributed by atoms with Crippen molar-refractivity contribution in [3.8, 4) is 0 Å². The smallest absolute Gasteiger partial charge is 0.221 e. The Hall–Kier alpha value is -1.02. The highest BCUT2D eigenvalue weighted by Gasteiger charge is 2.20. The van der Waals surface area contributed by atoms with Crippen LogP contribution >= 0.6 is 11.6 Å². The maximum absolute atomic E-state index is 11.5. The Bertz CT molecular complexity index is 378. The topological polar surface area (TPSA) is 29.1 Å². The number of hydrogen-bond donors (Lipinski definition) is 1. The molecule has 1 atom stereocenters. The largest absolute Gasteiger partial charge is 0.349 e. The zero-order valence-electron chi connectivity index (χ0n) is 9.21. The SMILES string of the molecule is O=C(CCCl)N[C@@H]1CCCc2ccccc21. The number of benzene rings is 1. The molecule has 0 spiro atoms. The first-order valence-corrected chi connectivity index (χ1v) is 6.28. The molecule has 0 aromatic heterocycles. The molecule has 1 aliphatic carbocycles. The van der Waals surface area contributed by atoms with E-state index in [9.17, 15) is 4.79 Å². The van der Waals surface area contributed by atoms with Crippen LogP contribution in [0.4, 0.5) is 0 Å². The van der Waals surface area contributed by atoms with Gasteiger partial charge in [0.1, 0.15) is 0 Å². The molecular formula is C13H16ClNO. The van der Waals surface area contributed by atoms with E-state index in [4.69, 9.17) is 11.6 Å². The molecule has 0 saturated carbocycles. The molecule has 1 amide bonds. The van der Waals surface area contributed by atoms with Gasteiger partial charge in [-0.25, -0.2) is 0 Å². The van der Waals surface area contributed by atoms with E-state index in [1.807, 2.05) is 6.07 Å². The number of fused-ring (bicyclic) bond motifs is 1. The molecule has 0 radical (unpaired) electrons. The van der Waals surface area contributed by atoms with Gasteiger partial charge in [0.15, 0.2) is 0 Å². The minimum absolute atomic E-state index is 0.0525. The van der Waals surface area contributed by atoms with Crippen LogP contribution in [0.3, 0.4) is 0 Å². The fourth-order valence-corrected chi connectivity index (χ4v) is 2.43. The van der Waals surface area contributed by atoms with Crippen molar-refractivity contribution in [3.05, 3.63) is 35.4 Å². The van der Waals surface area contributed by atoms with E-state index in [2.05, 4.69) is 23.5 Å². The van der Waals surface area contributed by atoms with Gasteiger partial charge in [-0.05, 0) is 30.4 Å². The average molecular weight is 238 g/mol. The number of aryl methyl sites for hydroxylation is 1. The van der Waals surface area contributed by atoms with Gasteiger partial charge in [-0.3, -0.25) is 4.79 Å². The summed E-state index contributed by atoms with van der Waals surface area (Å²) in [6.07, 6.45) is 3.70. The number of carbonyl (C=O) groups is 1. The fraction of sp³-hybridized carbons (Fsp3) is 0.462. The Balaban J connectivity index is 2.10. The molecule has 16 heavy (non-hydrogen) atoms. The third-order valence-electron chi connectivity index (χ3n) is 3.03.